The highest BCUT2D eigenvalue weighted by Crippen LogP contribution is 2.14. The summed E-state index contributed by atoms with van der Waals surface area (Å²) in [6, 6.07) is -1.02. The van der Waals surface area contributed by atoms with Gasteiger partial charge in [0.05, 0.1) is 18.8 Å². The van der Waals surface area contributed by atoms with Crippen molar-refractivity contribution in [3.8, 4) is 0 Å². The molecule has 0 aliphatic heterocycles. The van der Waals surface area contributed by atoms with Gasteiger partial charge in [-0.3, -0.25) is 4.79 Å². The molecular weight excluding hydrogens is 634 g/mol. The van der Waals surface area contributed by atoms with Gasteiger partial charge in [0, 0.05) is 0 Å². The molecule has 4 atom stereocenters. The van der Waals surface area contributed by atoms with Gasteiger partial charge in [-0.1, -0.05) is 159 Å². The van der Waals surface area contributed by atoms with Crippen LogP contribution in [0.25, 0.3) is 0 Å². The van der Waals surface area contributed by atoms with Crippen molar-refractivity contribution in [2.24, 2.45) is 0 Å². The Morgan fingerprint density at radius 1 is 0.471 bits per heavy atom. The monoisotopic (exact) mass is 718 g/mol. The first-order valence-corrected chi connectivity index (χ1v) is 21.5. The number of carbonyl (C=O) groups excluding carboxylic acids is 1. The first-order chi connectivity index (χ1) is 25.0. The van der Waals surface area contributed by atoms with E-state index in [1.807, 2.05) is 0 Å². The molecule has 51 heavy (non-hydrogen) atoms. The summed E-state index contributed by atoms with van der Waals surface area (Å²) in [5.41, 5.74) is 0. The van der Waals surface area contributed by atoms with Gasteiger partial charge >= 0.3 is 0 Å². The van der Waals surface area contributed by atoms with E-state index in [1.54, 1.807) is 0 Å². The standard InChI is InChI=1S/C45H83NO5/c1-3-5-7-9-11-13-15-17-19-21-23-24-26-28-30-32-34-36-38-42(48)44(50)41(40-47)46-45(51)43(49)39-37-35-33-31-29-27-25-22-20-18-16-14-12-10-8-6-4-2/h15,17,23-25,27,30,32,41-44,47-50H,3-14,16,18-22,26,28-29,31,33-40H2,1-2H3,(H,46,51)/b17-15+,24-23+,27-25-,32-30+. The number of allylic oxidation sites excluding steroid dienone is 8. The van der Waals surface area contributed by atoms with Crippen LogP contribution >= 0.6 is 0 Å². The molecule has 0 spiro atoms. The second-order valence-electron chi connectivity index (χ2n) is 14.7. The van der Waals surface area contributed by atoms with E-state index in [4.69, 9.17) is 0 Å². The van der Waals surface area contributed by atoms with Crippen molar-refractivity contribution in [3.05, 3.63) is 48.6 Å². The van der Waals surface area contributed by atoms with Crippen molar-refractivity contribution >= 4 is 5.91 Å². The molecule has 0 aliphatic rings. The molecule has 0 aliphatic carbocycles. The van der Waals surface area contributed by atoms with Gasteiger partial charge in [0.15, 0.2) is 0 Å². The summed E-state index contributed by atoms with van der Waals surface area (Å²) < 4.78 is 0. The Morgan fingerprint density at radius 2 is 0.824 bits per heavy atom. The van der Waals surface area contributed by atoms with Crippen LogP contribution in [0.3, 0.4) is 0 Å². The average molecular weight is 718 g/mol. The third kappa shape index (κ3) is 33.8. The lowest BCUT2D eigenvalue weighted by Crippen LogP contribution is -2.53. The largest absolute Gasteiger partial charge is 0.394 e. The molecule has 0 saturated carbocycles. The zero-order valence-electron chi connectivity index (χ0n) is 33.3. The number of hydrogen-bond acceptors (Lipinski definition) is 5. The van der Waals surface area contributed by atoms with Crippen molar-refractivity contribution in [1.82, 2.24) is 5.32 Å². The summed E-state index contributed by atoms with van der Waals surface area (Å²) in [4.78, 5) is 12.5. The summed E-state index contributed by atoms with van der Waals surface area (Å²) in [6.07, 6.45) is 47.0. The lowest BCUT2D eigenvalue weighted by Gasteiger charge is -2.27. The summed E-state index contributed by atoms with van der Waals surface area (Å²) >= 11 is 0. The van der Waals surface area contributed by atoms with Crippen LogP contribution in [0.5, 0.6) is 0 Å². The Labute approximate surface area is 315 Å². The lowest BCUT2D eigenvalue weighted by atomic mass is 10.00. The Morgan fingerprint density at radius 3 is 1.24 bits per heavy atom. The first-order valence-electron chi connectivity index (χ1n) is 21.5. The van der Waals surface area contributed by atoms with Crippen molar-refractivity contribution in [2.75, 3.05) is 6.61 Å². The van der Waals surface area contributed by atoms with Gasteiger partial charge in [-0.25, -0.2) is 0 Å². The molecule has 0 saturated heterocycles. The fraction of sp³-hybridized carbons (Fsp3) is 0.800. The molecule has 0 radical (unpaired) electrons. The van der Waals surface area contributed by atoms with Crippen molar-refractivity contribution < 1.29 is 25.2 Å². The highest BCUT2D eigenvalue weighted by atomic mass is 16.3. The molecule has 0 bridgehead atoms. The Kier molecular flexibility index (Phi) is 38.1. The number of hydrogen-bond donors (Lipinski definition) is 5. The Hall–Kier alpha value is -1.73. The summed E-state index contributed by atoms with van der Waals surface area (Å²) in [5.74, 6) is -0.610. The number of rotatable bonds is 38. The summed E-state index contributed by atoms with van der Waals surface area (Å²) in [5, 5.41) is 43.6. The molecule has 0 rings (SSSR count). The van der Waals surface area contributed by atoms with Crippen LogP contribution in [0.2, 0.25) is 0 Å². The Balaban J connectivity index is 3.87. The Bertz CT molecular complexity index is 854. The number of aliphatic hydroxyl groups is 4. The minimum atomic E-state index is -1.30. The normalized spacial score (nSPS) is 14.7. The van der Waals surface area contributed by atoms with Crippen LogP contribution in [0.15, 0.2) is 48.6 Å². The maximum atomic E-state index is 12.5. The first kappa shape index (κ1) is 49.3. The van der Waals surface area contributed by atoms with Gasteiger partial charge in [-0.05, 0) is 89.9 Å². The second kappa shape index (κ2) is 39.5. The molecule has 0 fully saturated rings. The predicted molar refractivity (Wildman–Crippen MR) is 219 cm³/mol. The van der Waals surface area contributed by atoms with E-state index in [-0.39, 0.29) is 0 Å². The third-order valence-corrected chi connectivity index (χ3v) is 9.72. The van der Waals surface area contributed by atoms with Crippen molar-refractivity contribution in [3.63, 3.8) is 0 Å². The van der Waals surface area contributed by atoms with Gasteiger partial charge < -0.3 is 25.7 Å². The minimum Gasteiger partial charge on any atom is -0.394 e. The maximum Gasteiger partial charge on any atom is 0.249 e. The third-order valence-electron chi connectivity index (χ3n) is 9.72. The molecule has 4 unspecified atom stereocenters. The van der Waals surface area contributed by atoms with E-state index in [9.17, 15) is 25.2 Å². The van der Waals surface area contributed by atoms with Crippen LogP contribution < -0.4 is 5.32 Å². The molecule has 1 amide bonds. The number of nitrogens with one attached hydrogen (secondary N) is 1. The smallest absolute Gasteiger partial charge is 0.249 e. The van der Waals surface area contributed by atoms with Crippen LogP contribution in [0.4, 0.5) is 0 Å². The molecular formula is C45H83NO5. The lowest BCUT2D eigenvalue weighted by molar-refractivity contribution is -0.132. The average Bonchev–Trinajstić information content (AvgIpc) is 3.13. The SMILES string of the molecule is CCCCCCC/C=C/CC/C=C/CC/C=C/CCCC(O)C(O)C(CO)NC(=O)C(O)CCCCCC/C=C\CCCCCCCCCCC. The molecule has 0 heterocycles. The van der Waals surface area contributed by atoms with E-state index >= 15 is 0 Å². The van der Waals surface area contributed by atoms with Gasteiger partial charge in [-0.15, -0.1) is 0 Å². The van der Waals surface area contributed by atoms with Gasteiger partial charge in [0.2, 0.25) is 5.91 Å². The zero-order valence-corrected chi connectivity index (χ0v) is 33.3. The number of unbranched alkanes of at least 4 members (excludes halogenated alkanes) is 21. The second-order valence-corrected chi connectivity index (χ2v) is 14.7. The van der Waals surface area contributed by atoms with Crippen LogP contribution in [-0.2, 0) is 4.79 Å². The molecule has 298 valence electrons. The topological polar surface area (TPSA) is 110 Å². The molecule has 6 heteroatoms. The van der Waals surface area contributed by atoms with E-state index in [0.29, 0.717) is 19.3 Å². The fourth-order valence-electron chi connectivity index (χ4n) is 6.25. The van der Waals surface area contributed by atoms with Gasteiger partial charge in [0.1, 0.15) is 12.2 Å². The predicted octanol–water partition coefficient (Wildman–Crippen LogP) is 11.1. The number of amides is 1. The highest BCUT2D eigenvalue weighted by Gasteiger charge is 2.28. The zero-order chi connectivity index (χ0) is 37.5. The fourth-order valence-corrected chi connectivity index (χ4v) is 6.25. The highest BCUT2D eigenvalue weighted by molar-refractivity contribution is 5.80. The molecule has 0 aromatic rings. The summed E-state index contributed by atoms with van der Waals surface area (Å²) in [7, 11) is 0. The maximum absolute atomic E-state index is 12.5. The summed E-state index contributed by atoms with van der Waals surface area (Å²) in [6.45, 7) is 4.01. The van der Waals surface area contributed by atoms with Crippen molar-refractivity contribution in [1.29, 1.82) is 0 Å². The number of carbonyl (C=O) groups is 1. The van der Waals surface area contributed by atoms with Crippen LogP contribution in [-0.4, -0.2) is 57.3 Å². The van der Waals surface area contributed by atoms with Gasteiger partial charge in [-0.2, -0.15) is 0 Å². The number of aliphatic hydroxyl groups excluding tert-OH is 4. The molecule has 6 nitrogen and oxygen atoms in total. The van der Waals surface area contributed by atoms with Gasteiger partial charge in [0.25, 0.3) is 0 Å². The van der Waals surface area contributed by atoms with Crippen LogP contribution in [0, 0.1) is 0 Å². The minimum absolute atomic E-state index is 0.343. The van der Waals surface area contributed by atoms with Crippen molar-refractivity contribution in [2.45, 2.75) is 224 Å². The van der Waals surface area contributed by atoms with E-state index < -0.39 is 36.9 Å². The van der Waals surface area contributed by atoms with Crippen LogP contribution in [0.1, 0.15) is 200 Å². The molecule has 0 aromatic heterocycles. The molecule has 0 aromatic carbocycles. The van der Waals surface area contributed by atoms with E-state index in [1.165, 1.54) is 103 Å². The van der Waals surface area contributed by atoms with E-state index in [2.05, 4.69) is 67.8 Å². The van der Waals surface area contributed by atoms with E-state index in [0.717, 1.165) is 64.2 Å². The quantitative estimate of drug-likeness (QED) is 0.0323. The molecule has 5 N–H and O–H groups in total.